The Kier molecular flexibility index (Phi) is 4.47. The number of nitrogens with one attached hydrogen (secondary N) is 1. The molecule has 0 aliphatic carbocycles. The van der Waals surface area contributed by atoms with Crippen molar-refractivity contribution in [3.63, 3.8) is 0 Å². The van der Waals surface area contributed by atoms with Gasteiger partial charge in [-0.1, -0.05) is 30.3 Å². The Morgan fingerprint density at radius 3 is 2.26 bits per heavy atom. The summed E-state index contributed by atoms with van der Waals surface area (Å²) in [6, 6.07) is 12.9. The van der Waals surface area contributed by atoms with Gasteiger partial charge >= 0.3 is 0 Å². The summed E-state index contributed by atoms with van der Waals surface area (Å²) in [5.41, 5.74) is 1.06. The first-order chi connectivity index (χ1) is 9.19. The second-order valence-electron chi connectivity index (χ2n) is 4.17. The first kappa shape index (κ1) is 13.5. The summed E-state index contributed by atoms with van der Waals surface area (Å²) in [6.45, 7) is 0.295. The van der Waals surface area contributed by atoms with Gasteiger partial charge in [-0.25, -0.2) is 8.78 Å². The van der Waals surface area contributed by atoms with Crippen LogP contribution >= 0.6 is 0 Å². The predicted octanol–water partition coefficient (Wildman–Crippen LogP) is 3.30. The van der Waals surface area contributed by atoms with E-state index in [0.717, 1.165) is 11.6 Å². The topological polar surface area (TPSA) is 21.3 Å². The number of hydrogen-bond donors (Lipinski definition) is 1. The molecule has 2 nitrogen and oxygen atoms in total. The summed E-state index contributed by atoms with van der Waals surface area (Å²) in [7, 11) is 1.81. The summed E-state index contributed by atoms with van der Waals surface area (Å²) in [5.74, 6) is -1.10. The van der Waals surface area contributed by atoms with Crippen LogP contribution in [0.3, 0.4) is 0 Å². The number of likely N-dealkylation sites (N-methyl/N-ethyl adjacent to an activating group) is 1. The van der Waals surface area contributed by atoms with Crippen molar-refractivity contribution in [1.29, 1.82) is 0 Å². The Labute approximate surface area is 111 Å². The Morgan fingerprint density at radius 1 is 1.05 bits per heavy atom. The fraction of sp³-hybridized carbons (Fsp3) is 0.200. The van der Waals surface area contributed by atoms with Gasteiger partial charge in [-0.3, -0.25) is 0 Å². The summed E-state index contributed by atoms with van der Waals surface area (Å²) in [6.07, 6.45) is 0. The van der Waals surface area contributed by atoms with Crippen LogP contribution in [0.25, 0.3) is 0 Å². The van der Waals surface area contributed by atoms with Crippen molar-refractivity contribution in [3.05, 3.63) is 65.7 Å². The van der Waals surface area contributed by atoms with Gasteiger partial charge in [0.2, 0.25) is 0 Å². The van der Waals surface area contributed by atoms with Gasteiger partial charge < -0.3 is 10.1 Å². The molecule has 0 fully saturated rings. The zero-order valence-corrected chi connectivity index (χ0v) is 10.6. The highest BCUT2D eigenvalue weighted by atomic mass is 19.1. The number of ether oxygens (including phenoxy) is 1. The van der Waals surface area contributed by atoms with Crippen molar-refractivity contribution in [2.24, 2.45) is 0 Å². The van der Waals surface area contributed by atoms with Crippen LogP contribution in [0.4, 0.5) is 8.78 Å². The molecule has 0 aliphatic heterocycles. The van der Waals surface area contributed by atoms with Crippen molar-refractivity contribution in [2.45, 2.75) is 6.04 Å². The summed E-state index contributed by atoms with van der Waals surface area (Å²) in [4.78, 5) is 0. The normalized spacial score (nSPS) is 12.2. The summed E-state index contributed by atoms with van der Waals surface area (Å²) < 4.78 is 31.5. The molecule has 0 amide bonds. The van der Waals surface area contributed by atoms with Gasteiger partial charge in [0.1, 0.15) is 24.0 Å². The van der Waals surface area contributed by atoms with Crippen molar-refractivity contribution in [2.75, 3.05) is 13.7 Å². The molecule has 0 spiro atoms. The van der Waals surface area contributed by atoms with Gasteiger partial charge in [0, 0.05) is 18.2 Å². The standard InChI is InChI=1S/C15H15F2NO/c1-18-15(11-5-3-2-4-6-11)10-19-14-8-12(16)7-13(17)9-14/h2-9,15,18H,10H2,1H3. The average molecular weight is 263 g/mol. The fourth-order valence-corrected chi connectivity index (χ4v) is 1.82. The third kappa shape index (κ3) is 3.76. The largest absolute Gasteiger partial charge is 0.491 e. The minimum Gasteiger partial charge on any atom is -0.491 e. The van der Waals surface area contributed by atoms with Crippen molar-refractivity contribution >= 4 is 0 Å². The SMILES string of the molecule is CNC(COc1cc(F)cc(F)c1)c1ccccc1. The molecule has 4 heteroatoms. The molecule has 1 N–H and O–H groups in total. The highest BCUT2D eigenvalue weighted by Gasteiger charge is 2.10. The van der Waals surface area contributed by atoms with Gasteiger partial charge in [0.25, 0.3) is 0 Å². The maximum atomic E-state index is 13.0. The lowest BCUT2D eigenvalue weighted by molar-refractivity contribution is 0.270. The molecular weight excluding hydrogens is 248 g/mol. The average Bonchev–Trinajstić information content (AvgIpc) is 2.39. The minimum atomic E-state index is -0.643. The first-order valence-corrected chi connectivity index (χ1v) is 6.00. The second-order valence-corrected chi connectivity index (χ2v) is 4.17. The Bertz CT molecular complexity index is 511. The van der Waals surface area contributed by atoms with Crippen LogP contribution in [0.1, 0.15) is 11.6 Å². The van der Waals surface area contributed by atoms with Crippen molar-refractivity contribution < 1.29 is 13.5 Å². The zero-order chi connectivity index (χ0) is 13.7. The van der Waals surface area contributed by atoms with E-state index in [4.69, 9.17) is 4.74 Å². The van der Waals surface area contributed by atoms with Crippen molar-refractivity contribution in [1.82, 2.24) is 5.32 Å². The predicted molar refractivity (Wildman–Crippen MR) is 70.1 cm³/mol. The van der Waals surface area contributed by atoms with E-state index in [1.807, 2.05) is 37.4 Å². The third-order valence-corrected chi connectivity index (χ3v) is 2.80. The van der Waals surface area contributed by atoms with Crippen LogP contribution in [0.15, 0.2) is 48.5 Å². The molecule has 100 valence electrons. The first-order valence-electron chi connectivity index (χ1n) is 6.00. The van der Waals surface area contributed by atoms with Gasteiger partial charge in [0.05, 0.1) is 6.04 Å². The molecule has 1 atom stereocenters. The Hall–Kier alpha value is -1.94. The molecule has 19 heavy (non-hydrogen) atoms. The van der Waals surface area contributed by atoms with E-state index in [9.17, 15) is 8.78 Å². The highest BCUT2D eigenvalue weighted by molar-refractivity contribution is 5.24. The lowest BCUT2D eigenvalue weighted by Gasteiger charge is -2.17. The van der Waals surface area contributed by atoms with E-state index in [0.29, 0.717) is 6.61 Å². The van der Waals surface area contributed by atoms with Crippen LogP contribution in [0.2, 0.25) is 0 Å². The molecule has 2 rings (SSSR count). The molecule has 0 saturated heterocycles. The Morgan fingerprint density at radius 2 is 1.68 bits per heavy atom. The van der Waals surface area contributed by atoms with Crippen LogP contribution in [-0.2, 0) is 0 Å². The van der Waals surface area contributed by atoms with E-state index in [1.165, 1.54) is 12.1 Å². The molecule has 0 saturated carbocycles. The smallest absolute Gasteiger partial charge is 0.129 e. The van der Waals surface area contributed by atoms with E-state index in [-0.39, 0.29) is 11.8 Å². The number of rotatable bonds is 5. The van der Waals surface area contributed by atoms with Crippen LogP contribution in [0.5, 0.6) is 5.75 Å². The van der Waals surface area contributed by atoms with Gasteiger partial charge in [-0.2, -0.15) is 0 Å². The molecule has 0 heterocycles. The van der Waals surface area contributed by atoms with Crippen LogP contribution < -0.4 is 10.1 Å². The molecule has 2 aromatic rings. The molecular formula is C15H15F2NO. The van der Waals surface area contributed by atoms with E-state index in [2.05, 4.69) is 5.32 Å². The lowest BCUT2D eigenvalue weighted by Crippen LogP contribution is -2.23. The number of halogens is 2. The van der Waals surface area contributed by atoms with E-state index < -0.39 is 11.6 Å². The van der Waals surface area contributed by atoms with E-state index >= 15 is 0 Å². The number of hydrogen-bond acceptors (Lipinski definition) is 2. The Balaban J connectivity index is 2.04. The summed E-state index contributed by atoms with van der Waals surface area (Å²) in [5, 5.41) is 3.11. The van der Waals surface area contributed by atoms with Gasteiger partial charge in [-0.05, 0) is 12.6 Å². The number of benzene rings is 2. The van der Waals surface area contributed by atoms with Gasteiger partial charge in [0.15, 0.2) is 0 Å². The summed E-state index contributed by atoms with van der Waals surface area (Å²) >= 11 is 0. The second kappa shape index (κ2) is 6.29. The van der Waals surface area contributed by atoms with Gasteiger partial charge in [-0.15, -0.1) is 0 Å². The maximum absolute atomic E-state index is 13.0. The zero-order valence-electron chi connectivity index (χ0n) is 10.6. The molecule has 2 aromatic carbocycles. The van der Waals surface area contributed by atoms with Crippen LogP contribution in [0, 0.1) is 11.6 Å². The fourth-order valence-electron chi connectivity index (χ4n) is 1.82. The minimum absolute atomic E-state index is 0.0347. The molecule has 0 radical (unpaired) electrons. The van der Waals surface area contributed by atoms with Crippen molar-refractivity contribution in [3.8, 4) is 5.75 Å². The monoisotopic (exact) mass is 263 g/mol. The molecule has 0 bridgehead atoms. The maximum Gasteiger partial charge on any atom is 0.129 e. The highest BCUT2D eigenvalue weighted by Crippen LogP contribution is 2.18. The van der Waals surface area contributed by atoms with E-state index in [1.54, 1.807) is 0 Å². The molecule has 0 aromatic heterocycles. The molecule has 1 unspecified atom stereocenters. The third-order valence-electron chi connectivity index (χ3n) is 2.80. The quantitative estimate of drug-likeness (QED) is 0.893. The van der Waals surface area contributed by atoms with Crippen LogP contribution in [-0.4, -0.2) is 13.7 Å². The lowest BCUT2D eigenvalue weighted by atomic mass is 10.1. The molecule has 0 aliphatic rings.